The Labute approximate surface area is 214 Å². The predicted molar refractivity (Wildman–Crippen MR) is 137 cm³/mol. The predicted octanol–water partition coefficient (Wildman–Crippen LogP) is 4.43. The fourth-order valence-corrected chi connectivity index (χ4v) is 4.26. The Morgan fingerprint density at radius 3 is 2.86 bits per heavy atom. The molecular weight excluding hydrogens is 472 g/mol. The van der Waals surface area contributed by atoms with Gasteiger partial charge in [-0.3, -0.25) is 4.79 Å². The van der Waals surface area contributed by atoms with Crippen LogP contribution in [0, 0.1) is 0 Å². The molecule has 1 N–H and O–H groups in total. The van der Waals surface area contributed by atoms with E-state index in [1.807, 2.05) is 43.7 Å². The van der Waals surface area contributed by atoms with E-state index in [1.54, 1.807) is 29.3 Å². The maximum absolute atomic E-state index is 13.3. The second-order valence-electron chi connectivity index (χ2n) is 9.43. The number of pyridine rings is 1. The van der Waals surface area contributed by atoms with Gasteiger partial charge in [-0.2, -0.15) is 0 Å². The summed E-state index contributed by atoms with van der Waals surface area (Å²) in [5.41, 5.74) is 3.23. The topological polar surface area (TPSA) is 122 Å². The highest BCUT2D eigenvalue weighted by Crippen LogP contribution is 2.40. The SMILES string of the molecule is C.CC(C)Oc1cnc(C(=O)Nc2cccc3c2OC[C@H](C)n2nnnc2-3)cc1-n1cnc(C2CC2)c1. The molecule has 1 aliphatic carbocycles. The van der Waals surface area contributed by atoms with Gasteiger partial charge in [0, 0.05) is 12.1 Å². The zero-order valence-electron chi connectivity index (χ0n) is 20.3. The van der Waals surface area contributed by atoms with Crippen LogP contribution in [0.15, 0.2) is 43.0 Å². The van der Waals surface area contributed by atoms with Crippen LogP contribution in [0.25, 0.3) is 17.1 Å². The van der Waals surface area contributed by atoms with Crippen LogP contribution in [0.1, 0.15) is 69.2 Å². The van der Waals surface area contributed by atoms with Crippen molar-refractivity contribution in [2.45, 2.75) is 59.1 Å². The van der Waals surface area contributed by atoms with Crippen molar-refractivity contribution < 1.29 is 14.3 Å². The number of rotatable bonds is 6. The fourth-order valence-electron chi connectivity index (χ4n) is 4.26. The van der Waals surface area contributed by atoms with Crippen molar-refractivity contribution in [3.05, 3.63) is 54.4 Å². The number of fused-ring (bicyclic) bond motifs is 3. The van der Waals surface area contributed by atoms with Crippen molar-refractivity contribution in [2.75, 3.05) is 11.9 Å². The lowest BCUT2D eigenvalue weighted by Gasteiger charge is -2.16. The highest BCUT2D eigenvalue weighted by Gasteiger charge is 2.27. The summed E-state index contributed by atoms with van der Waals surface area (Å²) in [7, 11) is 0. The van der Waals surface area contributed by atoms with E-state index >= 15 is 0 Å². The van der Waals surface area contributed by atoms with E-state index in [4.69, 9.17) is 9.47 Å². The van der Waals surface area contributed by atoms with Crippen molar-refractivity contribution in [1.82, 2.24) is 34.7 Å². The van der Waals surface area contributed by atoms with E-state index in [0.29, 0.717) is 46.8 Å². The molecule has 11 nitrogen and oxygen atoms in total. The first kappa shape index (κ1) is 24.4. The van der Waals surface area contributed by atoms with Crippen LogP contribution in [0.4, 0.5) is 5.69 Å². The summed E-state index contributed by atoms with van der Waals surface area (Å²) in [5.74, 6) is 1.84. The number of ether oxygens (including phenoxy) is 2. The minimum atomic E-state index is -0.372. The second-order valence-corrected chi connectivity index (χ2v) is 9.43. The third-order valence-electron chi connectivity index (χ3n) is 6.20. The highest BCUT2D eigenvalue weighted by molar-refractivity contribution is 6.04. The molecule has 3 aromatic heterocycles. The monoisotopic (exact) mass is 502 g/mol. The Hall–Kier alpha value is -4.28. The minimum absolute atomic E-state index is 0. The molecule has 0 spiro atoms. The molecular formula is C26H30N8O3. The van der Waals surface area contributed by atoms with Crippen LogP contribution < -0.4 is 14.8 Å². The summed E-state index contributed by atoms with van der Waals surface area (Å²) < 4.78 is 15.7. The average molecular weight is 503 g/mol. The third-order valence-corrected chi connectivity index (χ3v) is 6.20. The van der Waals surface area contributed by atoms with Gasteiger partial charge in [0.05, 0.1) is 47.3 Å². The normalized spacial score (nSPS) is 16.2. The number of benzene rings is 1. The van der Waals surface area contributed by atoms with Crippen molar-refractivity contribution in [2.24, 2.45) is 0 Å². The molecule has 1 saturated carbocycles. The fraction of sp³-hybridized carbons (Fsp3) is 0.385. The van der Waals surface area contributed by atoms with Gasteiger partial charge in [0.2, 0.25) is 0 Å². The second kappa shape index (κ2) is 9.64. The Morgan fingerprint density at radius 2 is 2.08 bits per heavy atom. The lowest BCUT2D eigenvalue weighted by atomic mass is 10.1. The highest BCUT2D eigenvalue weighted by atomic mass is 16.5. The summed E-state index contributed by atoms with van der Waals surface area (Å²) in [6, 6.07) is 7.15. The molecule has 1 amide bonds. The third kappa shape index (κ3) is 4.64. The van der Waals surface area contributed by atoms with Gasteiger partial charge in [-0.05, 0) is 62.2 Å². The van der Waals surface area contributed by atoms with Gasteiger partial charge < -0.3 is 19.4 Å². The number of anilines is 1. The first-order chi connectivity index (χ1) is 17.5. The van der Waals surface area contributed by atoms with Gasteiger partial charge in [0.25, 0.3) is 5.91 Å². The largest absolute Gasteiger partial charge is 0.488 e. The van der Waals surface area contributed by atoms with Gasteiger partial charge in [0.1, 0.15) is 12.3 Å². The van der Waals surface area contributed by atoms with Crippen molar-refractivity contribution in [3.63, 3.8) is 0 Å². The van der Waals surface area contributed by atoms with E-state index < -0.39 is 0 Å². The molecule has 2 aliphatic rings. The number of nitrogens with one attached hydrogen (secondary N) is 1. The molecule has 1 atom stereocenters. The van der Waals surface area contributed by atoms with E-state index in [9.17, 15) is 4.79 Å². The molecule has 0 saturated heterocycles. The Balaban J connectivity index is 0.00000280. The molecule has 4 aromatic rings. The molecule has 11 heteroatoms. The standard InChI is InChI=1S/C25H26N8O3.CH4/c1-14(2)36-22-10-26-19(9-21(22)32-11-20(27-13-32)16-7-8-16)25(34)28-18-6-4-5-17-23(18)35-12-15(3)33-24(17)29-30-31-33;/h4-6,9-11,13-16H,7-8,12H2,1-3H3,(H,28,34);1H4/t15-;/m0./s1. The number of aromatic nitrogens is 7. The average Bonchev–Trinajstić information content (AvgIpc) is 3.42. The summed E-state index contributed by atoms with van der Waals surface area (Å²) in [5, 5.41) is 15.0. The lowest BCUT2D eigenvalue weighted by Crippen LogP contribution is -2.17. The Bertz CT molecular complexity index is 1440. The van der Waals surface area contributed by atoms with Gasteiger partial charge in [-0.1, -0.05) is 13.5 Å². The first-order valence-corrected chi connectivity index (χ1v) is 12.0. The smallest absolute Gasteiger partial charge is 0.274 e. The number of amides is 1. The molecule has 37 heavy (non-hydrogen) atoms. The quantitative estimate of drug-likeness (QED) is 0.411. The van der Waals surface area contributed by atoms with E-state index in [0.717, 1.165) is 18.5 Å². The summed E-state index contributed by atoms with van der Waals surface area (Å²) in [6.07, 6.45) is 7.61. The number of hydrogen-bond donors (Lipinski definition) is 1. The minimum Gasteiger partial charge on any atom is -0.488 e. The van der Waals surface area contributed by atoms with Crippen LogP contribution in [-0.2, 0) is 0 Å². The van der Waals surface area contributed by atoms with Crippen LogP contribution in [0.2, 0.25) is 0 Å². The maximum Gasteiger partial charge on any atom is 0.274 e. The van der Waals surface area contributed by atoms with Gasteiger partial charge in [0.15, 0.2) is 17.3 Å². The maximum atomic E-state index is 13.3. The number of carbonyl (C=O) groups is 1. The van der Waals surface area contributed by atoms with Gasteiger partial charge >= 0.3 is 0 Å². The van der Waals surface area contributed by atoms with Crippen LogP contribution in [0.5, 0.6) is 11.5 Å². The summed E-state index contributed by atoms with van der Waals surface area (Å²) in [4.78, 5) is 22.3. The molecule has 0 radical (unpaired) electrons. The van der Waals surface area contributed by atoms with Crippen molar-refractivity contribution in [1.29, 1.82) is 0 Å². The van der Waals surface area contributed by atoms with E-state index in [-0.39, 0.29) is 31.2 Å². The zero-order chi connectivity index (χ0) is 24.8. The molecule has 1 aromatic carbocycles. The Morgan fingerprint density at radius 1 is 1.24 bits per heavy atom. The van der Waals surface area contributed by atoms with Crippen LogP contribution in [-0.4, -0.2) is 53.4 Å². The molecule has 1 aliphatic heterocycles. The molecule has 192 valence electrons. The van der Waals surface area contributed by atoms with E-state index in [2.05, 4.69) is 30.8 Å². The van der Waals surface area contributed by atoms with Crippen molar-refractivity contribution in [3.8, 4) is 28.6 Å². The van der Waals surface area contributed by atoms with Gasteiger partial charge in [-0.15, -0.1) is 5.10 Å². The van der Waals surface area contributed by atoms with Crippen molar-refractivity contribution >= 4 is 11.6 Å². The Kier molecular flexibility index (Phi) is 6.36. The van der Waals surface area contributed by atoms with Crippen LogP contribution in [0.3, 0.4) is 0 Å². The molecule has 0 unspecified atom stereocenters. The number of para-hydroxylation sites is 1. The van der Waals surface area contributed by atoms with E-state index in [1.165, 1.54) is 0 Å². The number of hydrogen-bond acceptors (Lipinski definition) is 8. The van der Waals surface area contributed by atoms with Crippen LogP contribution >= 0.6 is 0 Å². The number of carbonyl (C=O) groups excluding carboxylic acids is 1. The lowest BCUT2D eigenvalue weighted by molar-refractivity contribution is 0.102. The molecule has 0 bridgehead atoms. The number of tetrazole rings is 1. The number of nitrogens with zero attached hydrogens (tertiary/aromatic N) is 7. The number of imidazole rings is 1. The molecule has 4 heterocycles. The zero-order valence-corrected chi connectivity index (χ0v) is 20.3. The van der Waals surface area contributed by atoms with Gasteiger partial charge in [-0.25, -0.2) is 14.6 Å². The first-order valence-electron chi connectivity index (χ1n) is 12.0. The summed E-state index contributed by atoms with van der Waals surface area (Å²) in [6.45, 7) is 6.24. The summed E-state index contributed by atoms with van der Waals surface area (Å²) >= 11 is 0. The molecule has 6 rings (SSSR count). The molecule has 1 fully saturated rings.